The summed E-state index contributed by atoms with van der Waals surface area (Å²) in [6.07, 6.45) is 0. The molecule has 0 aromatic heterocycles. The number of rotatable bonds is 11. The molecule has 5 aromatic rings. The Morgan fingerprint density at radius 3 is 1.68 bits per heavy atom. The smallest absolute Gasteiger partial charge is 0.296 e. The van der Waals surface area contributed by atoms with Crippen LogP contribution in [0.4, 0.5) is 45.5 Å². The van der Waals surface area contributed by atoms with Gasteiger partial charge in [0.2, 0.25) is 0 Å². The van der Waals surface area contributed by atoms with E-state index in [4.69, 9.17) is 10.3 Å². The molecule has 0 aliphatic rings. The lowest BCUT2D eigenvalue weighted by Gasteiger charge is -2.19. The Hall–Kier alpha value is -6.02. The number of non-ortho nitro benzene ring substituents is 1. The molecule has 0 saturated heterocycles. The van der Waals surface area contributed by atoms with Gasteiger partial charge in [0.25, 0.3) is 25.9 Å². The molecule has 0 spiro atoms. The average molecular weight is 681 g/mol. The first-order chi connectivity index (χ1) is 22.2. The number of benzene rings is 5. The van der Waals surface area contributed by atoms with Gasteiger partial charge in [-0.2, -0.15) is 27.1 Å². The van der Waals surface area contributed by atoms with E-state index in [0.717, 1.165) is 6.07 Å². The lowest BCUT2D eigenvalue weighted by Crippen LogP contribution is -2.14. The summed E-state index contributed by atoms with van der Waals surface area (Å²) in [5, 5.41) is 30.4. The third-order valence-electron chi connectivity index (χ3n) is 6.59. The molecule has 0 fully saturated rings. The van der Waals surface area contributed by atoms with Crippen LogP contribution in [0, 0.1) is 10.1 Å². The van der Waals surface area contributed by atoms with Crippen LogP contribution in [0.25, 0.3) is 10.8 Å². The summed E-state index contributed by atoms with van der Waals surface area (Å²) in [6.45, 7) is 0. The van der Waals surface area contributed by atoms with Crippen molar-refractivity contribution in [3.8, 4) is 5.75 Å². The summed E-state index contributed by atoms with van der Waals surface area (Å²) >= 11 is 0. The maximum absolute atomic E-state index is 12.4. The average Bonchev–Trinajstić information content (AvgIpc) is 3.02. The van der Waals surface area contributed by atoms with E-state index in [1.165, 1.54) is 60.7 Å². The van der Waals surface area contributed by atoms with Crippen molar-refractivity contribution in [3.63, 3.8) is 0 Å². The summed E-state index contributed by atoms with van der Waals surface area (Å²) in [5.41, 5.74) is 18.5. The SMILES string of the molecule is Nc1ccc2c(O)c(NNc3ccc(N=Nc4ccc(S(=O)(=O)O)cc4)cc3)c(S(=O)(=O)O)cc2c1NNc1ccc([N+](=O)[O-])cc1. The van der Waals surface area contributed by atoms with Crippen LogP contribution < -0.4 is 27.4 Å². The fourth-order valence-electron chi connectivity index (χ4n) is 4.26. The van der Waals surface area contributed by atoms with Crippen molar-refractivity contribution in [1.82, 2.24) is 0 Å². The quantitative estimate of drug-likeness (QED) is 0.0204. The second-order valence-corrected chi connectivity index (χ2v) is 12.5. The van der Waals surface area contributed by atoms with E-state index in [2.05, 4.69) is 31.9 Å². The number of fused-ring (bicyclic) bond motifs is 1. The molecule has 5 aromatic carbocycles. The Kier molecular flexibility index (Phi) is 8.79. The van der Waals surface area contributed by atoms with Crippen LogP contribution in [-0.2, 0) is 20.2 Å². The van der Waals surface area contributed by atoms with Gasteiger partial charge in [-0.15, -0.1) is 0 Å². The molecular weight excluding hydrogens is 656 g/mol. The summed E-state index contributed by atoms with van der Waals surface area (Å²) in [7, 11) is -9.24. The van der Waals surface area contributed by atoms with Gasteiger partial charge in [-0.05, 0) is 78.9 Å². The Balaban J connectivity index is 1.36. The van der Waals surface area contributed by atoms with Crippen molar-refractivity contribution < 1.29 is 36.0 Å². The van der Waals surface area contributed by atoms with Crippen LogP contribution in [0.1, 0.15) is 0 Å². The predicted octanol–water partition coefficient (Wildman–Crippen LogP) is 5.82. The number of azo groups is 1. The Bertz CT molecular complexity index is 2230. The summed E-state index contributed by atoms with van der Waals surface area (Å²) in [6, 6.07) is 20.7. The zero-order chi connectivity index (χ0) is 33.9. The minimum absolute atomic E-state index is 0.123. The lowest BCUT2D eigenvalue weighted by molar-refractivity contribution is -0.384. The number of phenolic OH excluding ortho intramolecular Hbond substituents is 1. The highest BCUT2D eigenvalue weighted by Gasteiger charge is 2.24. The number of nitrogen functional groups attached to an aromatic ring is 1. The van der Waals surface area contributed by atoms with Gasteiger partial charge in [0.1, 0.15) is 16.3 Å². The molecule has 9 N–H and O–H groups in total. The normalized spacial score (nSPS) is 11.8. The number of anilines is 5. The molecule has 0 aliphatic carbocycles. The van der Waals surface area contributed by atoms with Crippen LogP contribution in [-0.4, -0.2) is 36.0 Å². The highest BCUT2D eigenvalue weighted by molar-refractivity contribution is 7.86. The van der Waals surface area contributed by atoms with Crippen molar-refractivity contribution in [2.75, 3.05) is 27.4 Å². The number of aromatic hydroxyl groups is 1. The molecule has 0 radical (unpaired) electrons. The number of nitrogens with two attached hydrogens (primary N) is 1. The number of nitrogens with zero attached hydrogens (tertiary/aromatic N) is 3. The van der Waals surface area contributed by atoms with E-state index in [-0.39, 0.29) is 38.4 Å². The van der Waals surface area contributed by atoms with Crippen LogP contribution in [0.2, 0.25) is 0 Å². The van der Waals surface area contributed by atoms with Crippen LogP contribution in [0.3, 0.4) is 0 Å². The third-order valence-corrected chi connectivity index (χ3v) is 8.34. The number of hydrogen-bond acceptors (Lipinski definition) is 14. The molecule has 17 nitrogen and oxygen atoms in total. The molecule has 47 heavy (non-hydrogen) atoms. The number of nitrogens with one attached hydrogen (secondary N) is 4. The van der Waals surface area contributed by atoms with E-state index >= 15 is 0 Å². The second kappa shape index (κ2) is 12.8. The third kappa shape index (κ3) is 7.45. The molecule has 0 atom stereocenters. The van der Waals surface area contributed by atoms with E-state index in [0.29, 0.717) is 22.7 Å². The van der Waals surface area contributed by atoms with Gasteiger partial charge in [0.15, 0.2) is 0 Å². The molecule has 5 rings (SSSR count). The minimum atomic E-state index is -4.90. The van der Waals surface area contributed by atoms with Crippen LogP contribution >= 0.6 is 0 Å². The summed E-state index contributed by atoms with van der Waals surface area (Å²) in [5.74, 6) is -0.536. The number of hydrogen-bond donors (Lipinski definition) is 8. The second-order valence-electron chi connectivity index (χ2n) is 9.72. The van der Waals surface area contributed by atoms with Crippen molar-refractivity contribution >= 4 is 76.5 Å². The Labute approximate surface area is 266 Å². The van der Waals surface area contributed by atoms with Crippen molar-refractivity contribution in [2.24, 2.45) is 10.2 Å². The van der Waals surface area contributed by atoms with Crippen molar-refractivity contribution in [3.05, 3.63) is 101 Å². The standard InChI is InChI=1S/C28H24N8O9S2/c29-24-14-13-22-23(26(24)34-32-18-5-9-20(10-6-18)36(38)39)15-25(47(43,44)45)27(28(22)37)35-33-17-3-1-16(2-4-17)30-31-19-7-11-21(12-8-19)46(40,41)42/h1-15,32-35,37H,29H2,(H,40,41,42)(H,43,44,45). The zero-order valence-electron chi connectivity index (χ0n) is 23.7. The van der Waals surface area contributed by atoms with E-state index < -0.39 is 35.8 Å². The first kappa shape index (κ1) is 32.4. The number of hydrazine groups is 2. The summed E-state index contributed by atoms with van der Waals surface area (Å²) < 4.78 is 66.3. The Morgan fingerprint density at radius 1 is 0.660 bits per heavy atom. The maximum atomic E-state index is 12.4. The van der Waals surface area contributed by atoms with Gasteiger partial charge >= 0.3 is 0 Å². The van der Waals surface area contributed by atoms with Gasteiger partial charge in [-0.1, -0.05) is 0 Å². The van der Waals surface area contributed by atoms with E-state index in [1.54, 1.807) is 24.3 Å². The predicted molar refractivity (Wildman–Crippen MR) is 174 cm³/mol. The molecule has 0 aliphatic heterocycles. The zero-order valence-corrected chi connectivity index (χ0v) is 25.3. The Morgan fingerprint density at radius 2 is 1.17 bits per heavy atom. The van der Waals surface area contributed by atoms with Crippen LogP contribution in [0.5, 0.6) is 5.75 Å². The monoisotopic (exact) mass is 680 g/mol. The summed E-state index contributed by atoms with van der Waals surface area (Å²) in [4.78, 5) is 9.41. The molecule has 0 bridgehead atoms. The van der Waals surface area contributed by atoms with Crippen molar-refractivity contribution in [1.29, 1.82) is 0 Å². The van der Waals surface area contributed by atoms with Gasteiger partial charge in [0.05, 0.1) is 43.9 Å². The first-order valence-corrected chi connectivity index (χ1v) is 16.0. The molecule has 19 heteroatoms. The molecular formula is C28H24N8O9S2. The molecule has 0 heterocycles. The highest BCUT2D eigenvalue weighted by atomic mass is 32.2. The fraction of sp³-hybridized carbons (Fsp3) is 0. The number of nitro benzene ring substituents is 1. The maximum Gasteiger partial charge on any atom is 0.296 e. The van der Waals surface area contributed by atoms with Gasteiger partial charge in [-0.25, -0.2) is 0 Å². The molecule has 0 saturated carbocycles. The lowest BCUT2D eigenvalue weighted by atomic mass is 10.1. The fourth-order valence-corrected chi connectivity index (χ4v) is 5.41. The minimum Gasteiger partial charge on any atom is -0.505 e. The molecule has 242 valence electrons. The van der Waals surface area contributed by atoms with E-state index in [9.17, 15) is 36.6 Å². The molecule has 0 unspecified atom stereocenters. The largest absolute Gasteiger partial charge is 0.505 e. The van der Waals surface area contributed by atoms with Crippen molar-refractivity contribution in [2.45, 2.75) is 9.79 Å². The van der Waals surface area contributed by atoms with Crippen LogP contribution in [0.15, 0.2) is 111 Å². The highest BCUT2D eigenvalue weighted by Crippen LogP contribution is 2.43. The topological polar surface area (TPSA) is 271 Å². The number of phenols is 1. The van der Waals surface area contributed by atoms with Gasteiger partial charge in [0, 0.05) is 22.9 Å². The number of nitro groups is 1. The van der Waals surface area contributed by atoms with E-state index in [1.807, 2.05) is 0 Å². The van der Waals surface area contributed by atoms with Gasteiger partial charge < -0.3 is 21.7 Å². The molecule has 0 amide bonds. The first-order valence-electron chi connectivity index (χ1n) is 13.1. The van der Waals surface area contributed by atoms with Gasteiger partial charge in [-0.3, -0.25) is 30.1 Å².